The van der Waals surface area contributed by atoms with Crippen molar-refractivity contribution in [3.63, 3.8) is 0 Å². The van der Waals surface area contributed by atoms with Gasteiger partial charge in [0.05, 0.1) is 0 Å². The Morgan fingerprint density at radius 3 is 1.92 bits per heavy atom. The Balaban J connectivity index is 1.82. The van der Waals surface area contributed by atoms with Gasteiger partial charge in [-0.15, -0.1) is 0 Å². The van der Waals surface area contributed by atoms with E-state index in [1.165, 1.54) is 11.6 Å². The summed E-state index contributed by atoms with van der Waals surface area (Å²) in [4.78, 5) is 8.59. The smallest absolute Gasteiger partial charge is 0.160 e. The third kappa shape index (κ3) is 3.84. The first-order valence-corrected chi connectivity index (χ1v) is 7.41. The molecule has 0 fully saturated rings. The molecule has 0 radical (unpaired) electrons. The number of hydrogen-bond acceptors (Lipinski definition) is 4. The summed E-state index contributed by atoms with van der Waals surface area (Å²) in [5.74, 6) is -0.151. The standard InChI is InChI=1S/C18H16F2N4/c1-11-3-5-13(6-4-11)23-17-10-18(22-12(2)21-17)24-14-7-8-15(19)16(20)9-14/h3-10H,1-2H3,(H2,21,22,23,24). The lowest BCUT2D eigenvalue weighted by molar-refractivity contribution is 0.509. The second-order valence-corrected chi connectivity index (χ2v) is 5.43. The van der Waals surface area contributed by atoms with Crippen LogP contribution in [0.1, 0.15) is 11.4 Å². The molecule has 0 amide bonds. The molecule has 0 unspecified atom stereocenters. The maximum atomic E-state index is 13.3. The summed E-state index contributed by atoms with van der Waals surface area (Å²) in [6.45, 7) is 3.78. The van der Waals surface area contributed by atoms with E-state index in [1.807, 2.05) is 31.2 Å². The van der Waals surface area contributed by atoms with E-state index in [4.69, 9.17) is 0 Å². The molecule has 24 heavy (non-hydrogen) atoms. The first-order chi connectivity index (χ1) is 11.5. The minimum atomic E-state index is -0.913. The van der Waals surface area contributed by atoms with Crippen molar-refractivity contribution < 1.29 is 8.78 Å². The van der Waals surface area contributed by atoms with Crippen molar-refractivity contribution in [1.29, 1.82) is 0 Å². The number of hydrogen-bond donors (Lipinski definition) is 2. The van der Waals surface area contributed by atoms with Gasteiger partial charge in [-0.05, 0) is 38.1 Å². The molecule has 4 nitrogen and oxygen atoms in total. The average molecular weight is 326 g/mol. The zero-order valence-electron chi connectivity index (χ0n) is 13.3. The van der Waals surface area contributed by atoms with Gasteiger partial charge in [0.1, 0.15) is 17.5 Å². The first kappa shape index (κ1) is 15.9. The lowest BCUT2D eigenvalue weighted by Gasteiger charge is -2.10. The SMILES string of the molecule is Cc1ccc(Nc2cc(Nc3ccc(F)c(F)c3)nc(C)n2)cc1. The zero-order chi connectivity index (χ0) is 17.1. The van der Waals surface area contributed by atoms with Crippen LogP contribution < -0.4 is 10.6 Å². The number of anilines is 4. The van der Waals surface area contributed by atoms with Crippen molar-refractivity contribution in [2.75, 3.05) is 10.6 Å². The molecule has 3 aromatic rings. The van der Waals surface area contributed by atoms with Gasteiger partial charge < -0.3 is 10.6 Å². The summed E-state index contributed by atoms with van der Waals surface area (Å²) in [7, 11) is 0. The van der Waals surface area contributed by atoms with Gasteiger partial charge >= 0.3 is 0 Å². The van der Waals surface area contributed by atoms with E-state index in [1.54, 1.807) is 13.0 Å². The van der Waals surface area contributed by atoms with E-state index in [-0.39, 0.29) is 0 Å². The number of rotatable bonds is 4. The normalized spacial score (nSPS) is 10.5. The molecule has 0 saturated carbocycles. The van der Waals surface area contributed by atoms with Gasteiger partial charge in [0.2, 0.25) is 0 Å². The van der Waals surface area contributed by atoms with E-state index in [9.17, 15) is 8.78 Å². The van der Waals surface area contributed by atoms with Crippen molar-refractivity contribution in [1.82, 2.24) is 9.97 Å². The number of benzene rings is 2. The minimum Gasteiger partial charge on any atom is -0.340 e. The highest BCUT2D eigenvalue weighted by Gasteiger charge is 2.06. The topological polar surface area (TPSA) is 49.8 Å². The maximum Gasteiger partial charge on any atom is 0.160 e. The number of nitrogens with zero attached hydrogens (tertiary/aromatic N) is 2. The highest BCUT2D eigenvalue weighted by Crippen LogP contribution is 2.21. The molecule has 3 rings (SSSR count). The predicted octanol–water partition coefficient (Wildman–Crippen LogP) is 4.86. The molecule has 0 aliphatic rings. The maximum absolute atomic E-state index is 13.3. The number of aromatic nitrogens is 2. The Bertz CT molecular complexity index is 863. The van der Waals surface area contributed by atoms with Gasteiger partial charge in [0.15, 0.2) is 11.6 Å². The fourth-order valence-corrected chi connectivity index (χ4v) is 2.20. The molecule has 0 aliphatic heterocycles. The van der Waals surface area contributed by atoms with Crippen LogP contribution in [-0.2, 0) is 0 Å². The molecule has 122 valence electrons. The predicted molar refractivity (Wildman–Crippen MR) is 90.9 cm³/mol. The number of nitrogens with one attached hydrogen (secondary N) is 2. The molecule has 1 heterocycles. The van der Waals surface area contributed by atoms with Crippen LogP contribution in [0.25, 0.3) is 0 Å². The largest absolute Gasteiger partial charge is 0.340 e. The molecule has 0 bridgehead atoms. The van der Waals surface area contributed by atoms with Crippen LogP contribution in [0.15, 0.2) is 48.5 Å². The molecule has 2 N–H and O–H groups in total. The van der Waals surface area contributed by atoms with Gasteiger partial charge in [-0.3, -0.25) is 0 Å². The van der Waals surface area contributed by atoms with Crippen molar-refractivity contribution in [2.24, 2.45) is 0 Å². The molecule has 0 atom stereocenters. The highest BCUT2D eigenvalue weighted by molar-refractivity contribution is 5.63. The van der Waals surface area contributed by atoms with Gasteiger partial charge in [-0.2, -0.15) is 0 Å². The third-order valence-electron chi connectivity index (χ3n) is 3.35. The summed E-state index contributed by atoms with van der Waals surface area (Å²) in [5.41, 5.74) is 2.48. The Labute approximate surface area is 138 Å². The van der Waals surface area contributed by atoms with E-state index in [0.717, 1.165) is 17.8 Å². The van der Waals surface area contributed by atoms with E-state index in [2.05, 4.69) is 20.6 Å². The van der Waals surface area contributed by atoms with Crippen LogP contribution >= 0.6 is 0 Å². The van der Waals surface area contributed by atoms with Gasteiger partial charge in [0.25, 0.3) is 0 Å². The highest BCUT2D eigenvalue weighted by atomic mass is 19.2. The summed E-state index contributed by atoms with van der Waals surface area (Å²) >= 11 is 0. The molecule has 2 aromatic carbocycles. The van der Waals surface area contributed by atoms with E-state index >= 15 is 0 Å². The summed E-state index contributed by atoms with van der Waals surface area (Å²) < 4.78 is 26.3. The van der Waals surface area contributed by atoms with Crippen LogP contribution in [0.5, 0.6) is 0 Å². The van der Waals surface area contributed by atoms with Crippen molar-refractivity contribution in [2.45, 2.75) is 13.8 Å². The summed E-state index contributed by atoms with van der Waals surface area (Å²) in [6.07, 6.45) is 0. The number of halogens is 2. The van der Waals surface area contributed by atoms with Crippen LogP contribution in [0.3, 0.4) is 0 Å². The second-order valence-electron chi connectivity index (χ2n) is 5.43. The Morgan fingerprint density at radius 1 is 0.708 bits per heavy atom. The van der Waals surface area contributed by atoms with Crippen LogP contribution in [0.2, 0.25) is 0 Å². The zero-order valence-corrected chi connectivity index (χ0v) is 13.3. The monoisotopic (exact) mass is 326 g/mol. The average Bonchev–Trinajstić information content (AvgIpc) is 2.53. The van der Waals surface area contributed by atoms with Gasteiger partial charge in [-0.1, -0.05) is 17.7 Å². The van der Waals surface area contributed by atoms with Gasteiger partial charge in [0, 0.05) is 23.5 Å². The minimum absolute atomic E-state index is 0.410. The summed E-state index contributed by atoms with van der Waals surface area (Å²) in [6, 6.07) is 13.2. The lowest BCUT2D eigenvalue weighted by Crippen LogP contribution is -2.02. The van der Waals surface area contributed by atoms with Crippen molar-refractivity contribution in [3.8, 4) is 0 Å². The molecular formula is C18H16F2N4. The fourth-order valence-electron chi connectivity index (χ4n) is 2.20. The van der Waals surface area contributed by atoms with Crippen LogP contribution in [0, 0.1) is 25.5 Å². The van der Waals surface area contributed by atoms with Crippen molar-refractivity contribution >= 4 is 23.0 Å². The second kappa shape index (κ2) is 6.62. The Morgan fingerprint density at radius 2 is 1.29 bits per heavy atom. The molecule has 6 heteroatoms. The molecule has 0 spiro atoms. The van der Waals surface area contributed by atoms with Gasteiger partial charge in [-0.25, -0.2) is 18.7 Å². The lowest BCUT2D eigenvalue weighted by atomic mass is 10.2. The fraction of sp³-hybridized carbons (Fsp3) is 0.111. The van der Waals surface area contributed by atoms with Crippen molar-refractivity contribution in [3.05, 3.63) is 71.6 Å². The summed E-state index contributed by atoms with van der Waals surface area (Å²) in [5, 5.41) is 6.14. The molecule has 1 aromatic heterocycles. The molecular weight excluding hydrogens is 310 g/mol. The molecule has 0 saturated heterocycles. The quantitative estimate of drug-likeness (QED) is 0.719. The first-order valence-electron chi connectivity index (χ1n) is 7.41. The Kier molecular flexibility index (Phi) is 4.37. The third-order valence-corrected chi connectivity index (χ3v) is 3.35. The molecule has 0 aliphatic carbocycles. The van der Waals surface area contributed by atoms with Crippen LogP contribution in [-0.4, -0.2) is 9.97 Å². The van der Waals surface area contributed by atoms with Crippen LogP contribution in [0.4, 0.5) is 31.8 Å². The Hall–Kier alpha value is -3.02. The van der Waals surface area contributed by atoms with E-state index < -0.39 is 11.6 Å². The van der Waals surface area contributed by atoms with E-state index in [0.29, 0.717) is 23.1 Å². The number of aryl methyl sites for hydroxylation is 2.